The second-order valence-corrected chi connectivity index (χ2v) is 7.43. The maximum absolute atomic E-state index is 12.6. The van der Waals surface area contributed by atoms with Gasteiger partial charge >= 0.3 is 0 Å². The predicted octanol–water partition coefficient (Wildman–Crippen LogP) is 2.41. The normalized spacial score (nSPS) is 23.2. The average molecular weight is 351 g/mol. The molecule has 1 aromatic heterocycles. The van der Waals surface area contributed by atoms with E-state index >= 15 is 0 Å². The molecule has 132 valence electrons. The number of rotatable bonds is 4. The number of hydrogen-bond donors (Lipinski definition) is 1. The van der Waals surface area contributed by atoms with Gasteiger partial charge < -0.3 is 15.1 Å². The molecular formula is C18H27ClN4O. The Bertz CT molecular complexity index is 536. The van der Waals surface area contributed by atoms with E-state index in [9.17, 15) is 4.79 Å². The van der Waals surface area contributed by atoms with Gasteiger partial charge in [-0.3, -0.25) is 4.79 Å². The van der Waals surface area contributed by atoms with E-state index in [4.69, 9.17) is 11.6 Å². The zero-order chi connectivity index (χ0) is 16.9. The molecular weight excluding hydrogens is 324 g/mol. The average Bonchev–Trinajstić information content (AvgIpc) is 2.63. The van der Waals surface area contributed by atoms with Gasteiger partial charge in [0, 0.05) is 38.8 Å². The lowest BCUT2D eigenvalue weighted by molar-refractivity contribution is -0.132. The third-order valence-corrected chi connectivity index (χ3v) is 5.53. The van der Waals surface area contributed by atoms with Crippen LogP contribution < -0.4 is 10.2 Å². The van der Waals surface area contributed by atoms with E-state index in [1.807, 2.05) is 17.0 Å². The van der Waals surface area contributed by atoms with E-state index in [-0.39, 0.29) is 0 Å². The summed E-state index contributed by atoms with van der Waals surface area (Å²) >= 11 is 5.89. The first-order valence-corrected chi connectivity index (χ1v) is 9.36. The Kier molecular flexibility index (Phi) is 5.95. The van der Waals surface area contributed by atoms with Crippen molar-refractivity contribution >= 4 is 23.3 Å². The third kappa shape index (κ3) is 4.39. The highest BCUT2D eigenvalue weighted by Crippen LogP contribution is 2.24. The lowest BCUT2D eigenvalue weighted by atomic mass is 9.85. The van der Waals surface area contributed by atoms with Gasteiger partial charge in [0.1, 0.15) is 5.82 Å². The number of carbonyl (C=O) groups excluding carboxylic acids is 1. The summed E-state index contributed by atoms with van der Waals surface area (Å²) in [6.07, 6.45) is 4.83. The van der Waals surface area contributed by atoms with Crippen LogP contribution in [0, 0.1) is 11.8 Å². The van der Waals surface area contributed by atoms with Crippen LogP contribution in [0.1, 0.15) is 26.2 Å². The lowest BCUT2D eigenvalue weighted by Gasteiger charge is -2.36. The number of amides is 1. The maximum atomic E-state index is 12.6. The molecule has 0 radical (unpaired) electrons. The summed E-state index contributed by atoms with van der Waals surface area (Å²) in [6, 6.07) is 3.80. The smallest absolute Gasteiger partial charge is 0.222 e. The van der Waals surface area contributed by atoms with Crippen molar-refractivity contribution in [3.8, 4) is 0 Å². The molecule has 5 nitrogen and oxygen atoms in total. The lowest BCUT2D eigenvalue weighted by Crippen LogP contribution is -2.49. The van der Waals surface area contributed by atoms with Crippen LogP contribution in [0.5, 0.6) is 0 Å². The molecule has 3 rings (SSSR count). The van der Waals surface area contributed by atoms with Crippen LogP contribution in [-0.2, 0) is 4.79 Å². The number of piperazine rings is 1. The van der Waals surface area contributed by atoms with Crippen LogP contribution in [0.3, 0.4) is 0 Å². The molecule has 2 atom stereocenters. The summed E-state index contributed by atoms with van der Waals surface area (Å²) in [5.41, 5.74) is 0. The summed E-state index contributed by atoms with van der Waals surface area (Å²) < 4.78 is 0. The molecule has 2 fully saturated rings. The van der Waals surface area contributed by atoms with Crippen LogP contribution >= 0.6 is 11.6 Å². The van der Waals surface area contributed by atoms with Crippen molar-refractivity contribution in [3.05, 3.63) is 23.4 Å². The number of carbonyl (C=O) groups is 1. The first-order valence-electron chi connectivity index (χ1n) is 8.98. The number of nitrogens with one attached hydrogen (secondary N) is 1. The molecule has 0 aliphatic carbocycles. The second-order valence-electron chi connectivity index (χ2n) is 6.99. The summed E-state index contributed by atoms with van der Waals surface area (Å²) in [4.78, 5) is 21.2. The zero-order valence-electron chi connectivity index (χ0n) is 14.4. The van der Waals surface area contributed by atoms with E-state index in [1.54, 1.807) is 6.20 Å². The largest absolute Gasteiger partial charge is 0.353 e. The van der Waals surface area contributed by atoms with E-state index in [1.165, 1.54) is 12.8 Å². The number of hydrogen-bond acceptors (Lipinski definition) is 4. The fourth-order valence-electron chi connectivity index (χ4n) is 3.68. The molecule has 2 aliphatic heterocycles. The van der Waals surface area contributed by atoms with Crippen molar-refractivity contribution in [2.24, 2.45) is 11.8 Å². The molecule has 6 heteroatoms. The number of piperidine rings is 1. The molecule has 2 unspecified atom stereocenters. The molecule has 2 saturated heterocycles. The summed E-state index contributed by atoms with van der Waals surface area (Å²) in [6.45, 7) is 7.63. The van der Waals surface area contributed by atoms with Crippen LogP contribution in [0.15, 0.2) is 18.3 Å². The Morgan fingerprint density at radius 2 is 2.17 bits per heavy atom. The van der Waals surface area contributed by atoms with Crippen molar-refractivity contribution in [1.29, 1.82) is 0 Å². The molecule has 2 aliphatic rings. The van der Waals surface area contributed by atoms with Gasteiger partial charge in [0.05, 0.1) is 5.02 Å². The molecule has 0 aromatic carbocycles. The van der Waals surface area contributed by atoms with Gasteiger partial charge in [-0.05, 0) is 49.9 Å². The van der Waals surface area contributed by atoms with Gasteiger partial charge in [0.15, 0.2) is 0 Å². The fraction of sp³-hybridized carbons (Fsp3) is 0.667. The quantitative estimate of drug-likeness (QED) is 0.906. The van der Waals surface area contributed by atoms with Crippen molar-refractivity contribution in [2.45, 2.75) is 26.2 Å². The molecule has 1 amide bonds. The summed E-state index contributed by atoms with van der Waals surface area (Å²) in [5, 5.41) is 4.10. The van der Waals surface area contributed by atoms with E-state index in [2.05, 4.69) is 22.1 Å². The van der Waals surface area contributed by atoms with Gasteiger partial charge in [-0.15, -0.1) is 0 Å². The van der Waals surface area contributed by atoms with Crippen molar-refractivity contribution in [2.75, 3.05) is 44.2 Å². The van der Waals surface area contributed by atoms with E-state index < -0.39 is 0 Å². The zero-order valence-corrected chi connectivity index (χ0v) is 15.1. The highest BCUT2D eigenvalue weighted by Gasteiger charge is 2.26. The van der Waals surface area contributed by atoms with Gasteiger partial charge in [0.25, 0.3) is 0 Å². The first kappa shape index (κ1) is 17.5. The Hall–Kier alpha value is -1.33. The first-order chi connectivity index (χ1) is 11.6. The number of aromatic nitrogens is 1. The monoisotopic (exact) mass is 350 g/mol. The molecule has 1 N–H and O–H groups in total. The summed E-state index contributed by atoms with van der Waals surface area (Å²) in [7, 11) is 0. The van der Waals surface area contributed by atoms with Gasteiger partial charge in [0.2, 0.25) is 5.91 Å². The topological polar surface area (TPSA) is 48.5 Å². The number of anilines is 1. The molecule has 0 bridgehead atoms. The number of pyridine rings is 1. The molecule has 0 saturated carbocycles. The Balaban J connectivity index is 1.47. The molecule has 0 spiro atoms. The van der Waals surface area contributed by atoms with Crippen molar-refractivity contribution < 1.29 is 4.79 Å². The van der Waals surface area contributed by atoms with E-state index in [0.29, 0.717) is 29.2 Å². The van der Waals surface area contributed by atoms with Gasteiger partial charge in [-0.1, -0.05) is 18.5 Å². The minimum absolute atomic E-state index is 0.303. The predicted molar refractivity (Wildman–Crippen MR) is 97.4 cm³/mol. The fourth-order valence-corrected chi connectivity index (χ4v) is 3.79. The van der Waals surface area contributed by atoms with E-state index in [0.717, 1.165) is 45.1 Å². The second kappa shape index (κ2) is 8.17. The third-order valence-electron chi connectivity index (χ3n) is 5.30. The highest BCUT2D eigenvalue weighted by molar-refractivity contribution is 6.30. The Morgan fingerprint density at radius 3 is 2.79 bits per heavy atom. The van der Waals surface area contributed by atoms with Crippen LogP contribution in [0.25, 0.3) is 0 Å². The number of halogens is 1. The minimum atomic E-state index is 0.303. The van der Waals surface area contributed by atoms with Crippen LogP contribution in [-0.4, -0.2) is 55.1 Å². The SMILES string of the molecule is CC(CC(=O)N1CCN(c2ccc(Cl)cn2)CC1)C1CCCNC1. The number of nitrogens with zero attached hydrogens (tertiary/aromatic N) is 3. The minimum Gasteiger partial charge on any atom is -0.353 e. The van der Waals surface area contributed by atoms with Crippen molar-refractivity contribution in [3.63, 3.8) is 0 Å². The maximum Gasteiger partial charge on any atom is 0.222 e. The summed E-state index contributed by atoms with van der Waals surface area (Å²) in [5.74, 6) is 2.34. The molecule has 3 heterocycles. The Labute approximate surface area is 149 Å². The standard InChI is InChI=1S/C18H27ClN4O/c1-14(15-3-2-6-20-12-15)11-18(24)23-9-7-22(8-10-23)17-5-4-16(19)13-21-17/h4-5,13-15,20H,2-3,6-12H2,1H3. The van der Waals surface area contributed by atoms with Gasteiger partial charge in [-0.2, -0.15) is 0 Å². The van der Waals surface area contributed by atoms with Gasteiger partial charge in [-0.25, -0.2) is 4.98 Å². The highest BCUT2D eigenvalue weighted by atomic mass is 35.5. The van der Waals surface area contributed by atoms with Crippen LogP contribution in [0.2, 0.25) is 5.02 Å². The molecule has 1 aromatic rings. The molecule has 24 heavy (non-hydrogen) atoms. The van der Waals surface area contributed by atoms with Crippen LogP contribution in [0.4, 0.5) is 5.82 Å². The Morgan fingerprint density at radius 1 is 1.38 bits per heavy atom. The van der Waals surface area contributed by atoms with Crippen molar-refractivity contribution in [1.82, 2.24) is 15.2 Å².